The Morgan fingerprint density at radius 1 is 1.71 bits per heavy atom. The van der Waals surface area contributed by atoms with Gasteiger partial charge in [0, 0.05) is 19.3 Å². The van der Waals surface area contributed by atoms with E-state index in [0.717, 1.165) is 13.0 Å². The van der Waals surface area contributed by atoms with Gasteiger partial charge in [0.25, 0.3) is 0 Å². The molecular weight excluding hydrogens is 180 g/mol. The van der Waals surface area contributed by atoms with E-state index in [1.54, 1.807) is 12.3 Å². The third kappa shape index (κ3) is 2.02. The van der Waals surface area contributed by atoms with Crippen molar-refractivity contribution in [3.63, 3.8) is 0 Å². The SMILES string of the molecule is O=C(CN1CC[C@@H](O)C1)c1ccc[nH]1. The lowest BCUT2D eigenvalue weighted by Crippen LogP contribution is -2.28. The molecule has 1 atom stereocenters. The number of Topliss-reactive ketones (excluding diaryl/α,β-unsaturated/α-hetero) is 1. The van der Waals surface area contributed by atoms with E-state index in [4.69, 9.17) is 0 Å². The van der Waals surface area contributed by atoms with E-state index < -0.39 is 0 Å². The number of H-pyrrole nitrogens is 1. The fourth-order valence-electron chi connectivity index (χ4n) is 1.75. The minimum absolute atomic E-state index is 0.0871. The lowest BCUT2D eigenvalue weighted by molar-refractivity contribution is 0.0930. The van der Waals surface area contributed by atoms with Crippen LogP contribution in [0.2, 0.25) is 0 Å². The van der Waals surface area contributed by atoms with Crippen LogP contribution >= 0.6 is 0 Å². The third-order valence-electron chi connectivity index (χ3n) is 2.51. The zero-order valence-corrected chi connectivity index (χ0v) is 7.94. The molecule has 2 heterocycles. The highest BCUT2D eigenvalue weighted by atomic mass is 16.3. The van der Waals surface area contributed by atoms with Crippen molar-refractivity contribution in [3.05, 3.63) is 24.0 Å². The van der Waals surface area contributed by atoms with Gasteiger partial charge in [0.15, 0.2) is 5.78 Å². The molecule has 1 aliphatic rings. The number of hydrogen-bond acceptors (Lipinski definition) is 3. The van der Waals surface area contributed by atoms with Crippen molar-refractivity contribution in [3.8, 4) is 0 Å². The molecule has 0 unspecified atom stereocenters. The number of rotatable bonds is 3. The van der Waals surface area contributed by atoms with E-state index in [1.807, 2.05) is 11.0 Å². The molecule has 0 aliphatic carbocycles. The number of likely N-dealkylation sites (tertiary alicyclic amines) is 1. The number of carbonyl (C=O) groups excluding carboxylic acids is 1. The summed E-state index contributed by atoms with van der Waals surface area (Å²) < 4.78 is 0. The van der Waals surface area contributed by atoms with E-state index in [2.05, 4.69) is 4.98 Å². The number of β-amino-alcohol motifs (C(OH)–C–C–N with tert-alkyl or cyclic N) is 1. The highest BCUT2D eigenvalue weighted by Gasteiger charge is 2.22. The quantitative estimate of drug-likeness (QED) is 0.679. The molecule has 0 amide bonds. The number of nitrogens with zero attached hydrogens (tertiary/aromatic N) is 1. The van der Waals surface area contributed by atoms with Crippen molar-refractivity contribution in [2.24, 2.45) is 0 Å². The smallest absolute Gasteiger partial charge is 0.192 e. The molecule has 76 valence electrons. The normalized spacial score (nSPS) is 22.8. The molecular formula is C10H14N2O2. The van der Waals surface area contributed by atoms with Crippen LogP contribution in [0.4, 0.5) is 0 Å². The Balaban J connectivity index is 1.89. The highest BCUT2D eigenvalue weighted by Crippen LogP contribution is 2.09. The highest BCUT2D eigenvalue weighted by molar-refractivity contribution is 5.95. The summed E-state index contributed by atoms with van der Waals surface area (Å²) in [5, 5.41) is 9.28. The lowest BCUT2D eigenvalue weighted by atomic mass is 10.3. The van der Waals surface area contributed by atoms with Crippen LogP contribution in [0, 0.1) is 0 Å². The Morgan fingerprint density at radius 2 is 2.57 bits per heavy atom. The van der Waals surface area contributed by atoms with Crippen LogP contribution in [0.3, 0.4) is 0 Å². The van der Waals surface area contributed by atoms with Crippen LogP contribution in [-0.2, 0) is 0 Å². The average Bonchev–Trinajstić information content (AvgIpc) is 2.75. The van der Waals surface area contributed by atoms with Gasteiger partial charge < -0.3 is 10.1 Å². The number of aliphatic hydroxyl groups excluding tert-OH is 1. The Morgan fingerprint density at radius 3 is 3.14 bits per heavy atom. The predicted molar refractivity (Wildman–Crippen MR) is 52.2 cm³/mol. The van der Waals surface area contributed by atoms with Crippen molar-refractivity contribution < 1.29 is 9.90 Å². The van der Waals surface area contributed by atoms with Gasteiger partial charge in [-0.15, -0.1) is 0 Å². The standard InChI is InChI=1S/C10H14N2O2/c13-8-3-5-12(6-8)7-10(14)9-2-1-4-11-9/h1-2,4,8,11,13H,3,5-7H2/t8-/m1/s1. The number of aromatic nitrogens is 1. The van der Waals surface area contributed by atoms with Gasteiger partial charge in [-0.2, -0.15) is 0 Å². The van der Waals surface area contributed by atoms with Gasteiger partial charge in [-0.1, -0.05) is 0 Å². The number of ketones is 1. The summed E-state index contributed by atoms with van der Waals surface area (Å²) in [4.78, 5) is 16.5. The molecule has 1 aromatic heterocycles. The Bertz CT molecular complexity index is 308. The Hall–Kier alpha value is -1.13. The summed E-state index contributed by atoms with van der Waals surface area (Å²) in [6.45, 7) is 1.83. The van der Waals surface area contributed by atoms with Crippen molar-refractivity contribution in [2.45, 2.75) is 12.5 Å². The van der Waals surface area contributed by atoms with Crippen LogP contribution < -0.4 is 0 Å². The number of aliphatic hydroxyl groups is 1. The van der Waals surface area contributed by atoms with Crippen LogP contribution in [0.1, 0.15) is 16.9 Å². The monoisotopic (exact) mass is 194 g/mol. The second-order valence-electron chi connectivity index (χ2n) is 3.68. The molecule has 2 N–H and O–H groups in total. The maximum Gasteiger partial charge on any atom is 0.192 e. The van der Waals surface area contributed by atoms with Crippen molar-refractivity contribution in [1.29, 1.82) is 0 Å². The molecule has 2 rings (SSSR count). The Labute approximate surface area is 82.5 Å². The molecule has 14 heavy (non-hydrogen) atoms. The molecule has 0 aromatic carbocycles. The number of carbonyl (C=O) groups is 1. The minimum atomic E-state index is -0.258. The van der Waals surface area contributed by atoms with E-state index in [9.17, 15) is 9.90 Å². The van der Waals surface area contributed by atoms with Crippen LogP contribution in [0.15, 0.2) is 18.3 Å². The summed E-state index contributed by atoms with van der Waals surface area (Å²) in [5.74, 6) is 0.0871. The van der Waals surface area contributed by atoms with Gasteiger partial charge in [0.1, 0.15) is 0 Å². The average molecular weight is 194 g/mol. The third-order valence-corrected chi connectivity index (χ3v) is 2.51. The molecule has 4 nitrogen and oxygen atoms in total. The first-order valence-electron chi connectivity index (χ1n) is 4.83. The molecule has 0 bridgehead atoms. The lowest BCUT2D eigenvalue weighted by Gasteiger charge is -2.12. The van der Waals surface area contributed by atoms with Gasteiger partial charge in [-0.05, 0) is 18.6 Å². The molecule has 0 radical (unpaired) electrons. The minimum Gasteiger partial charge on any atom is -0.392 e. The summed E-state index contributed by atoms with van der Waals surface area (Å²) in [7, 11) is 0. The van der Waals surface area contributed by atoms with Crippen molar-refractivity contribution in [1.82, 2.24) is 9.88 Å². The first-order valence-corrected chi connectivity index (χ1v) is 4.83. The second-order valence-corrected chi connectivity index (χ2v) is 3.68. The molecule has 0 saturated carbocycles. The number of hydrogen-bond donors (Lipinski definition) is 2. The maximum atomic E-state index is 11.6. The Kier molecular flexibility index (Phi) is 2.65. The molecule has 4 heteroatoms. The van der Waals surface area contributed by atoms with Gasteiger partial charge in [0.2, 0.25) is 0 Å². The summed E-state index contributed by atoms with van der Waals surface area (Å²) >= 11 is 0. The van der Waals surface area contributed by atoms with Gasteiger partial charge in [-0.25, -0.2) is 0 Å². The van der Waals surface area contributed by atoms with Gasteiger partial charge in [0.05, 0.1) is 18.3 Å². The summed E-state index contributed by atoms with van der Waals surface area (Å²) in [6.07, 6.45) is 2.26. The topological polar surface area (TPSA) is 56.3 Å². The first-order chi connectivity index (χ1) is 6.75. The zero-order valence-electron chi connectivity index (χ0n) is 7.94. The summed E-state index contributed by atoms with van der Waals surface area (Å²) in [5.41, 5.74) is 0.645. The second kappa shape index (κ2) is 3.94. The van der Waals surface area contributed by atoms with Crippen molar-refractivity contribution >= 4 is 5.78 Å². The fraction of sp³-hybridized carbons (Fsp3) is 0.500. The van der Waals surface area contributed by atoms with E-state index in [-0.39, 0.29) is 11.9 Å². The molecule has 0 spiro atoms. The van der Waals surface area contributed by atoms with E-state index >= 15 is 0 Å². The van der Waals surface area contributed by atoms with Crippen LogP contribution in [0.25, 0.3) is 0 Å². The summed E-state index contributed by atoms with van der Waals surface area (Å²) in [6, 6.07) is 3.58. The largest absolute Gasteiger partial charge is 0.392 e. The first kappa shape index (κ1) is 9.43. The fourth-order valence-corrected chi connectivity index (χ4v) is 1.75. The molecule has 1 aromatic rings. The van der Waals surface area contributed by atoms with E-state index in [0.29, 0.717) is 18.8 Å². The number of aromatic amines is 1. The maximum absolute atomic E-state index is 11.6. The van der Waals surface area contributed by atoms with E-state index in [1.165, 1.54) is 0 Å². The molecule has 1 saturated heterocycles. The number of nitrogens with one attached hydrogen (secondary N) is 1. The van der Waals surface area contributed by atoms with Crippen LogP contribution in [-0.4, -0.2) is 46.5 Å². The van der Waals surface area contributed by atoms with Gasteiger partial charge >= 0.3 is 0 Å². The molecule has 1 fully saturated rings. The predicted octanol–water partition coefficient (Wildman–Crippen LogP) is 0.264. The van der Waals surface area contributed by atoms with Crippen molar-refractivity contribution in [2.75, 3.05) is 19.6 Å². The molecule has 1 aliphatic heterocycles. The van der Waals surface area contributed by atoms with Crippen LogP contribution in [0.5, 0.6) is 0 Å². The van der Waals surface area contributed by atoms with Gasteiger partial charge in [-0.3, -0.25) is 9.69 Å². The zero-order chi connectivity index (χ0) is 9.97.